The summed E-state index contributed by atoms with van der Waals surface area (Å²) in [5, 5.41) is 12.7. The van der Waals surface area contributed by atoms with E-state index in [4.69, 9.17) is 0 Å². The molecule has 1 aromatic heterocycles. The van der Waals surface area contributed by atoms with Crippen LogP contribution in [-0.2, 0) is 13.1 Å². The molecule has 0 aliphatic heterocycles. The van der Waals surface area contributed by atoms with Gasteiger partial charge in [-0.25, -0.2) is 0 Å². The number of aliphatic hydroxyl groups is 1. The first-order valence-electron chi connectivity index (χ1n) is 5.80. The van der Waals surface area contributed by atoms with Gasteiger partial charge in [-0.2, -0.15) is 0 Å². The van der Waals surface area contributed by atoms with Crippen LogP contribution in [0.5, 0.6) is 0 Å². The minimum Gasteiger partial charge on any atom is -0.392 e. The van der Waals surface area contributed by atoms with Crippen molar-refractivity contribution in [1.29, 1.82) is 0 Å². The fourth-order valence-electron chi connectivity index (χ4n) is 1.58. The maximum Gasteiger partial charge on any atom is 0.0662 e. The van der Waals surface area contributed by atoms with Crippen molar-refractivity contribution in [2.24, 2.45) is 0 Å². The van der Waals surface area contributed by atoms with Crippen LogP contribution in [0.1, 0.15) is 32.4 Å². The number of aliphatic hydroxyl groups excluding tert-OH is 1. The number of hydrogen-bond donors (Lipinski definition) is 2. The van der Waals surface area contributed by atoms with Crippen molar-refractivity contribution in [1.82, 2.24) is 9.88 Å². The Morgan fingerprint density at radius 2 is 2.27 bits per heavy atom. The van der Waals surface area contributed by atoms with E-state index in [9.17, 15) is 5.11 Å². The lowest BCUT2D eigenvalue weighted by atomic mass is 10.3. The minimum atomic E-state index is -0.223. The predicted molar refractivity (Wildman–Crippen MR) is 62.7 cm³/mol. The van der Waals surface area contributed by atoms with Crippen LogP contribution in [0, 0.1) is 0 Å². The van der Waals surface area contributed by atoms with Crippen molar-refractivity contribution in [3.05, 3.63) is 24.0 Å². The van der Waals surface area contributed by atoms with Gasteiger partial charge >= 0.3 is 0 Å². The fourth-order valence-corrected chi connectivity index (χ4v) is 1.58. The Morgan fingerprint density at radius 3 is 2.93 bits per heavy atom. The predicted octanol–water partition coefficient (Wildman–Crippen LogP) is 1.76. The van der Waals surface area contributed by atoms with E-state index >= 15 is 0 Å². The Morgan fingerprint density at radius 1 is 1.47 bits per heavy atom. The number of rotatable bonds is 7. The Kier molecular flexibility index (Phi) is 5.43. The summed E-state index contributed by atoms with van der Waals surface area (Å²) in [6.45, 7) is 6.75. The van der Waals surface area contributed by atoms with Crippen LogP contribution in [0.2, 0.25) is 0 Å². The third kappa shape index (κ3) is 4.06. The van der Waals surface area contributed by atoms with Gasteiger partial charge in [0.2, 0.25) is 0 Å². The van der Waals surface area contributed by atoms with Crippen LogP contribution in [0.25, 0.3) is 0 Å². The topological polar surface area (TPSA) is 37.2 Å². The highest BCUT2D eigenvalue weighted by Gasteiger charge is 2.02. The van der Waals surface area contributed by atoms with E-state index < -0.39 is 0 Å². The zero-order valence-electron chi connectivity index (χ0n) is 9.74. The largest absolute Gasteiger partial charge is 0.392 e. The average molecular weight is 210 g/mol. The van der Waals surface area contributed by atoms with Gasteiger partial charge in [0, 0.05) is 31.5 Å². The molecule has 3 heteroatoms. The Balaban J connectivity index is 2.33. The lowest BCUT2D eigenvalue weighted by molar-refractivity contribution is 0.167. The van der Waals surface area contributed by atoms with E-state index in [2.05, 4.69) is 35.1 Å². The van der Waals surface area contributed by atoms with Crippen LogP contribution in [0.15, 0.2) is 18.3 Å². The molecule has 0 aliphatic rings. The van der Waals surface area contributed by atoms with Gasteiger partial charge in [-0.3, -0.25) is 0 Å². The van der Waals surface area contributed by atoms with E-state index in [0.29, 0.717) is 6.54 Å². The molecule has 1 heterocycles. The second kappa shape index (κ2) is 6.64. The summed E-state index contributed by atoms with van der Waals surface area (Å²) in [4.78, 5) is 0. The first-order valence-corrected chi connectivity index (χ1v) is 5.80. The first-order chi connectivity index (χ1) is 7.27. The molecule has 0 saturated heterocycles. The molecule has 1 unspecified atom stereocenters. The van der Waals surface area contributed by atoms with Crippen molar-refractivity contribution in [2.75, 3.05) is 6.54 Å². The van der Waals surface area contributed by atoms with Crippen molar-refractivity contribution in [2.45, 2.75) is 45.9 Å². The number of nitrogens with zero attached hydrogens (tertiary/aromatic N) is 1. The van der Waals surface area contributed by atoms with Gasteiger partial charge in [0.05, 0.1) is 6.10 Å². The molecule has 0 bridgehead atoms. The molecular formula is C12H22N2O. The maximum absolute atomic E-state index is 9.39. The number of hydrogen-bond acceptors (Lipinski definition) is 2. The number of aromatic nitrogens is 1. The molecule has 0 radical (unpaired) electrons. The standard InChI is InChI=1S/C12H22N2O/c1-3-7-14-8-5-6-11(14)9-13-10-12(15)4-2/h5-6,8,12-13,15H,3-4,7,9-10H2,1-2H3. The van der Waals surface area contributed by atoms with Gasteiger partial charge in [-0.05, 0) is 25.0 Å². The van der Waals surface area contributed by atoms with E-state index in [1.807, 2.05) is 6.92 Å². The maximum atomic E-state index is 9.39. The molecular weight excluding hydrogens is 188 g/mol. The Hall–Kier alpha value is -0.800. The number of aryl methyl sites for hydroxylation is 1. The molecule has 3 nitrogen and oxygen atoms in total. The van der Waals surface area contributed by atoms with Crippen molar-refractivity contribution < 1.29 is 5.11 Å². The van der Waals surface area contributed by atoms with Gasteiger partial charge in [-0.1, -0.05) is 13.8 Å². The van der Waals surface area contributed by atoms with E-state index in [1.165, 1.54) is 5.69 Å². The average Bonchev–Trinajstić information content (AvgIpc) is 2.66. The van der Waals surface area contributed by atoms with Crippen LogP contribution in [-0.4, -0.2) is 22.3 Å². The van der Waals surface area contributed by atoms with Gasteiger partial charge in [0.25, 0.3) is 0 Å². The zero-order chi connectivity index (χ0) is 11.1. The molecule has 2 N–H and O–H groups in total. The third-order valence-electron chi connectivity index (χ3n) is 2.55. The lowest BCUT2D eigenvalue weighted by Gasteiger charge is -2.11. The molecule has 1 atom stereocenters. The van der Waals surface area contributed by atoms with Crippen LogP contribution < -0.4 is 5.32 Å². The van der Waals surface area contributed by atoms with Crippen molar-refractivity contribution in [3.8, 4) is 0 Å². The zero-order valence-corrected chi connectivity index (χ0v) is 9.74. The molecule has 0 fully saturated rings. The monoisotopic (exact) mass is 210 g/mol. The van der Waals surface area contributed by atoms with Gasteiger partial charge in [0.15, 0.2) is 0 Å². The molecule has 0 spiro atoms. The molecule has 1 aromatic rings. The summed E-state index contributed by atoms with van der Waals surface area (Å²) < 4.78 is 2.26. The molecule has 15 heavy (non-hydrogen) atoms. The van der Waals surface area contributed by atoms with E-state index in [0.717, 1.165) is 25.9 Å². The van der Waals surface area contributed by atoms with Crippen molar-refractivity contribution >= 4 is 0 Å². The van der Waals surface area contributed by atoms with Gasteiger partial charge in [-0.15, -0.1) is 0 Å². The summed E-state index contributed by atoms with van der Waals surface area (Å²) in [5.41, 5.74) is 1.29. The summed E-state index contributed by atoms with van der Waals surface area (Å²) in [5.74, 6) is 0. The Bertz CT molecular complexity index is 270. The quantitative estimate of drug-likeness (QED) is 0.719. The third-order valence-corrected chi connectivity index (χ3v) is 2.55. The van der Waals surface area contributed by atoms with Crippen molar-refractivity contribution in [3.63, 3.8) is 0 Å². The highest BCUT2D eigenvalue weighted by molar-refractivity contribution is 5.06. The fraction of sp³-hybridized carbons (Fsp3) is 0.667. The molecule has 0 amide bonds. The summed E-state index contributed by atoms with van der Waals surface area (Å²) in [6.07, 6.45) is 3.85. The van der Waals surface area contributed by atoms with Crippen LogP contribution >= 0.6 is 0 Å². The normalized spacial score (nSPS) is 13.0. The first kappa shape index (κ1) is 12.3. The Labute approximate surface area is 92.1 Å². The molecule has 0 aliphatic carbocycles. The van der Waals surface area contributed by atoms with Gasteiger partial charge in [0.1, 0.15) is 0 Å². The molecule has 1 rings (SSSR count). The SMILES string of the molecule is CCCn1cccc1CNCC(O)CC. The molecule has 0 saturated carbocycles. The van der Waals surface area contributed by atoms with E-state index in [-0.39, 0.29) is 6.10 Å². The highest BCUT2D eigenvalue weighted by Crippen LogP contribution is 2.03. The van der Waals surface area contributed by atoms with E-state index in [1.54, 1.807) is 0 Å². The number of nitrogens with one attached hydrogen (secondary N) is 1. The second-order valence-electron chi connectivity index (χ2n) is 3.89. The minimum absolute atomic E-state index is 0.223. The lowest BCUT2D eigenvalue weighted by Crippen LogP contribution is -2.26. The highest BCUT2D eigenvalue weighted by atomic mass is 16.3. The summed E-state index contributed by atoms with van der Waals surface area (Å²) in [7, 11) is 0. The van der Waals surface area contributed by atoms with Gasteiger partial charge < -0.3 is 15.0 Å². The molecule has 0 aromatic carbocycles. The summed E-state index contributed by atoms with van der Waals surface area (Å²) >= 11 is 0. The summed E-state index contributed by atoms with van der Waals surface area (Å²) in [6, 6.07) is 4.20. The van der Waals surface area contributed by atoms with Crippen LogP contribution in [0.4, 0.5) is 0 Å². The van der Waals surface area contributed by atoms with Crippen LogP contribution in [0.3, 0.4) is 0 Å². The molecule has 86 valence electrons. The smallest absolute Gasteiger partial charge is 0.0662 e. The second-order valence-corrected chi connectivity index (χ2v) is 3.89.